The van der Waals surface area contributed by atoms with Gasteiger partial charge in [0.25, 0.3) is 5.56 Å². The number of fused-ring (bicyclic) bond motifs is 4. The quantitative estimate of drug-likeness (QED) is 0.440. The van der Waals surface area contributed by atoms with Gasteiger partial charge >= 0.3 is 0 Å². The molecule has 0 saturated carbocycles. The molecule has 0 bridgehead atoms. The summed E-state index contributed by atoms with van der Waals surface area (Å²) >= 11 is 1.56. The minimum Gasteiger partial charge on any atom is -0.277 e. The highest BCUT2D eigenvalue weighted by Gasteiger charge is 2.16. The van der Waals surface area contributed by atoms with Crippen molar-refractivity contribution >= 4 is 39.2 Å². The van der Waals surface area contributed by atoms with Crippen LogP contribution in [0.15, 0.2) is 64.5 Å². The van der Waals surface area contributed by atoms with Gasteiger partial charge in [0.05, 0.1) is 22.9 Å². The third-order valence-corrected chi connectivity index (χ3v) is 5.74. The van der Waals surface area contributed by atoms with Crippen LogP contribution in [-0.2, 0) is 12.3 Å². The maximum absolute atomic E-state index is 12.8. The van der Waals surface area contributed by atoms with E-state index in [1.165, 1.54) is 0 Å². The minimum atomic E-state index is -0.0443. The van der Waals surface area contributed by atoms with Crippen LogP contribution in [0.4, 0.5) is 0 Å². The second kappa shape index (κ2) is 6.72. The molecule has 8 heteroatoms. The maximum Gasteiger partial charge on any atom is 0.262 e. The Morgan fingerprint density at radius 3 is 2.61 bits per heavy atom. The van der Waals surface area contributed by atoms with E-state index in [1.54, 1.807) is 22.5 Å². The van der Waals surface area contributed by atoms with Gasteiger partial charge in [0.15, 0.2) is 0 Å². The fraction of sp³-hybridized carbons (Fsp3) is 0.150. The first-order valence-corrected chi connectivity index (χ1v) is 9.95. The van der Waals surface area contributed by atoms with Crippen molar-refractivity contribution in [1.82, 2.24) is 29.4 Å². The predicted molar refractivity (Wildman–Crippen MR) is 110 cm³/mol. The van der Waals surface area contributed by atoms with E-state index in [1.807, 2.05) is 59.9 Å². The smallest absolute Gasteiger partial charge is 0.262 e. The molecule has 0 fully saturated rings. The number of aromatic nitrogens is 6. The zero-order valence-corrected chi connectivity index (χ0v) is 15.9. The maximum atomic E-state index is 12.8. The molecular formula is C20H16N6OS. The molecule has 0 N–H and O–H groups in total. The van der Waals surface area contributed by atoms with Gasteiger partial charge in [-0.1, -0.05) is 48.2 Å². The van der Waals surface area contributed by atoms with E-state index in [0.717, 1.165) is 27.1 Å². The van der Waals surface area contributed by atoms with Gasteiger partial charge < -0.3 is 0 Å². The van der Waals surface area contributed by atoms with Crippen molar-refractivity contribution in [2.75, 3.05) is 0 Å². The van der Waals surface area contributed by atoms with Crippen LogP contribution in [0.2, 0.25) is 0 Å². The second-order valence-corrected chi connectivity index (χ2v) is 7.31. The summed E-state index contributed by atoms with van der Waals surface area (Å²) in [4.78, 5) is 12.8. The van der Waals surface area contributed by atoms with E-state index in [0.29, 0.717) is 23.5 Å². The summed E-state index contributed by atoms with van der Waals surface area (Å²) in [6.45, 7) is 2.47. The number of hydrogen-bond donors (Lipinski definition) is 0. The van der Waals surface area contributed by atoms with Crippen LogP contribution in [0.5, 0.6) is 0 Å². The van der Waals surface area contributed by atoms with Crippen LogP contribution >= 0.6 is 11.8 Å². The Kier molecular flexibility index (Phi) is 4.05. The molecule has 2 aromatic carbocycles. The Balaban J connectivity index is 1.64. The summed E-state index contributed by atoms with van der Waals surface area (Å²) in [6.07, 6.45) is 1.76. The first-order valence-electron chi connectivity index (χ1n) is 8.96. The summed E-state index contributed by atoms with van der Waals surface area (Å²) in [5.41, 5.74) is 0.772. The van der Waals surface area contributed by atoms with Crippen LogP contribution in [-0.4, -0.2) is 29.4 Å². The topological polar surface area (TPSA) is 78.0 Å². The van der Waals surface area contributed by atoms with E-state index in [4.69, 9.17) is 0 Å². The highest BCUT2D eigenvalue weighted by Crippen LogP contribution is 2.27. The van der Waals surface area contributed by atoms with Crippen molar-refractivity contribution in [3.63, 3.8) is 0 Å². The van der Waals surface area contributed by atoms with E-state index in [9.17, 15) is 4.79 Å². The standard InChI is InChI=1S/C20H16N6OS/c1-2-25-19(27)15-9-5-6-10-16(15)26-17(22-24-20(25)26)12-28-18-14-8-4-3-7-13(14)11-21-23-18/h3-11H,2,12H2,1H3. The van der Waals surface area contributed by atoms with Gasteiger partial charge in [0, 0.05) is 17.3 Å². The van der Waals surface area contributed by atoms with Gasteiger partial charge in [0.2, 0.25) is 5.78 Å². The molecule has 5 aromatic rings. The van der Waals surface area contributed by atoms with Crippen LogP contribution in [0, 0.1) is 0 Å². The average Bonchev–Trinajstić information content (AvgIpc) is 3.16. The molecule has 0 saturated heterocycles. The van der Waals surface area contributed by atoms with Gasteiger partial charge in [-0.15, -0.1) is 15.3 Å². The van der Waals surface area contributed by atoms with Gasteiger partial charge in [0.1, 0.15) is 10.9 Å². The lowest BCUT2D eigenvalue weighted by molar-refractivity contribution is 0.735. The molecule has 0 amide bonds. The summed E-state index contributed by atoms with van der Waals surface area (Å²) in [6, 6.07) is 15.6. The molecule has 0 unspecified atom stereocenters. The summed E-state index contributed by atoms with van der Waals surface area (Å²) in [5.74, 6) is 1.90. The highest BCUT2D eigenvalue weighted by atomic mass is 32.2. The lowest BCUT2D eigenvalue weighted by Crippen LogP contribution is -2.22. The molecule has 0 aliphatic rings. The van der Waals surface area contributed by atoms with Crippen molar-refractivity contribution < 1.29 is 0 Å². The Morgan fingerprint density at radius 1 is 0.964 bits per heavy atom. The van der Waals surface area contributed by atoms with E-state index in [-0.39, 0.29) is 5.56 Å². The average molecular weight is 388 g/mol. The molecule has 0 aliphatic carbocycles. The van der Waals surface area contributed by atoms with Crippen molar-refractivity contribution in [1.29, 1.82) is 0 Å². The molecule has 3 heterocycles. The van der Waals surface area contributed by atoms with Gasteiger partial charge in [-0.25, -0.2) is 0 Å². The predicted octanol–water partition coefficient (Wildman–Crippen LogP) is 3.30. The Hall–Kier alpha value is -3.26. The van der Waals surface area contributed by atoms with Gasteiger partial charge in [-0.2, -0.15) is 5.10 Å². The largest absolute Gasteiger partial charge is 0.277 e. The zero-order valence-electron chi connectivity index (χ0n) is 15.1. The molecule has 3 aromatic heterocycles. The fourth-order valence-corrected chi connectivity index (χ4v) is 4.33. The second-order valence-electron chi connectivity index (χ2n) is 6.34. The summed E-state index contributed by atoms with van der Waals surface area (Å²) in [7, 11) is 0. The summed E-state index contributed by atoms with van der Waals surface area (Å²) in [5, 5.41) is 20.7. The molecule has 28 heavy (non-hydrogen) atoms. The van der Waals surface area contributed by atoms with Crippen molar-refractivity contribution in [2.45, 2.75) is 24.2 Å². The Labute approximate surface area is 164 Å². The number of benzene rings is 2. The molecule has 138 valence electrons. The third-order valence-electron chi connectivity index (χ3n) is 4.77. The first-order chi connectivity index (χ1) is 13.8. The van der Waals surface area contributed by atoms with E-state index >= 15 is 0 Å². The number of rotatable bonds is 4. The lowest BCUT2D eigenvalue weighted by Gasteiger charge is -2.09. The minimum absolute atomic E-state index is 0.0443. The number of para-hydroxylation sites is 1. The summed E-state index contributed by atoms with van der Waals surface area (Å²) < 4.78 is 3.62. The van der Waals surface area contributed by atoms with Crippen LogP contribution in [0.25, 0.3) is 27.5 Å². The molecule has 0 atom stereocenters. The molecule has 5 rings (SSSR count). The van der Waals surface area contributed by atoms with Crippen molar-refractivity contribution in [3.05, 3.63) is 70.9 Å². The van der Waals surface area contributed by atoms with Crippen molar-refractivity contribution in [2.24, 2.45) is 0 Å². The number of nitrogens with zero attached hydrogens (tertiary/aromatic N) is 6. The normalized spacial score (nSPS) is 11.6. The van der Waals surface area contributed by atoms with Gasteiger partial charge in [-0.3, -0.25) is 13.8 Å². The van der Waals surface area contributed by atoms with Crippen molar-refractivity contribution in [3.8, 4) is 0 Å². The Bertz CT molecular complexity index is 1390. The molecule has 0 aliphatic heterocycles. The van der Waals surface area contributed by atoms with E-state index < -0.39 is 0 Å². The van der Waals surface area contributed by atoms with E-state index in [2.05, 4.69) is 20.4 Å². The highest BCUT2D eigenvalue weighted by molar-refractivity contribution is 7.98. The lowest BCUT2D eigenvalue weighted by atomic mass is 10.2. The number of aryl methyl sites for hydroxylation is 1. The van der Waals surface area contributed by atoms with Crippen LogP contribution in [0.1, 0.15) is 12.7 Å². The zero-order chi connectivity index (χ0) is 19.1. The first kappa shape index (κ1) is 16.9. The fourth-order valence-electron chi connectivity index (χ4n) is 3.43. The SMILES string of the molecule is CCn1c(=O)c2ccccc2n2c(CSc3nncc4ccccc34)nnc12. The van der Waals surface area contributed by atoms with Crippen LogP contribution < -0.4 is 5.56 Å². The van der Waals surface area contributed by atoms with Crippen LogP contribution in [0.3, 0.4) is 0 Å². The van der Waals surface area contributed by atoms with Gasteiger partial charge in [-0.05, 0) is 19.1 Å². The molecular weight excluding hydrogens is 372 g/mol. The monoisotopic (exact) mass is 388 g/mol. The number of thioether (sulfide) groups is 1. The third kappa shape index (κ3) is 2.56. The number of hydrogen-bond acceptors (Lipinski definition) is 6. The molecule has 7 nitrogen and oxygen atoms in total. The molecule has 0 spiro atoms. The molecule has 0 radical (unpaired) electrons. The Morgan fingerprint density at radius 2 is 1.75 bits per heavy atom.